The van der Waals surface area contributed by atoms with E-state index < -0.39 is 0 Å². The van der Waals surface area contributed by atoms with Crippen molar-refractivity contribution >= 4 is 12.6 Å². The van der Waals surface area contributed by atoms with Gasteiger partial charge in [0, 0.05) is 11.1 Å². The number of nitriles is 1. The molecule has 0 fully saturated rings. The minimum atomic E-state index is 0.270. The van der Waals surface area contributed by atoms with Crippen molar-refractivity contribution in [2.75, 3.05) is 0 Å². The molecule has 0 atom stereocenters. The van der Waals surface area contributed by atoms with Crippen LogP contribution < -0.4 is 0 Å². The molecule has 0 aliphatic heterocycles. The molecule has 0 amide bonds. The lowest BCUT2D eigenvalue weighted by atomic mass is 10.0. The molecular weight excluding hydrogens is 166 g/mol. The lowest BCUT2D eigenvalue weighted by molar-refractivity contribution is 0.109. The topological polar surface area (TPSA) is 57.9 Å². The number of nitrogens with zero attached hydrogens (tertiary/aromatic N) is 1. The summed E-state index contributed by atoms with van der Waals surface area (Å²) in [5, 5.41) is 8.59. The zero-order valence-electron chi connectivity index (χ0n) is 7.07. The van der Waals surface area contributed by atoms with Gasteiger partial charge < -0.3 is 0 Å². The highest BCUT2D eigenvalue weighted by atomic mass is 16.1. The first-order chi connectivity index (χ1) is 6.22. The molecule has 0 unspecified atom stereocenters. The number of hydrogen-bond acceptors (Lipinski definition) is 3. The molecule has 1 aromatic carbocycles. The average Bonchev–Trinajstić information content (AvgIpc) is 2.16. The molecule has 3 heteroatoms. The van der Waals surface area contributed by atoms with Crippen LogP contribution in [0.5, 0.6) is 0 Å². The van der Waals surface area contributed by atoms with Crippen LogP contribution in [0.25, 0.3) is 0 Å². The van der Waals surface area contributed by atoms with Gasteiger partial charge in [0.2, 0.25) is 0 Å². The number of aryl methyl sites for hydroxylation is 1. The Balaban J connectivity index is 3.48. The lowest BCUT2D eigenvalue weighted by Gasteiger charge is -2.01. The summed E-state index contributed by atoms with van der Waals surface area (Å²) in [7, 11) is 0. The van der Waals surface area contributed by atoms with Gasteiger partial charge in [-0.2, -0.15) is 5.26 Å². The number of aldehydes is 2. The molecule has 0 heterocycles. The van der Waals surface area contributed by atoms with Crippen LogP contribution in [0.1, 0.15) is 31.8 Å². The van der Waals surface area contributed by atoms with Crippen LogP contribution in [0, 0.1) is 18.3 Å². The fraction of sp³-hybridized carbons (Fsp3) is 0.100. The van der Waals surface area contributed by atoms with Gasteiger partial charge in [0.25, 0.3) is 0 Å². The van der Waals surface area contributed by atoms with Crippen LogP contribution in [-0.4, -0.2) is 12.6 Å². The first kappa shape index (κ1) is 9.14. The van der Waals surface area contributed by atoms with E-state index in [0.29, 0.717) is 29.3 Å². The minimum Gasteiger partial charge on any atom is -0.298 e. The molecule has 3 nitrogen and oxygen atoms in total. The van der Waals surface area contributed by atoms with Crippen molar-refractivity contribution in [1.29, 1.82) is 5.26 Å². The van der Waals surface area contributed by atoms with E-state index in [4.69, 9.17) is 5.26 Å². The number of benzene rings is 1. The van der Waals surface area contributed by atoms with Crippen LogP contribution >= 0.6 is 0 Å². The molecule has 0 aliphatic carbocycles. The summed E-state index contributed by atoms with van der Waals surface area (Å²) < 4.78 is 0. The Bertz CT molecular complexity index is 402. The van der Waals surface area contributed by atoms with Crippen molar-refractivity contribution in [2.24, 2.45) is 0 Å². The van der Waals surface area contributed by atoms with Gasteiger partial charge in [-0.3, -0.25) is 9.59 Å². The van der Waals surface area contributed by atoms with Crippen molar-refractivity contribution in [2.45, 2.75) is 6.92 Å². The predicted octanol–water partition coefficient (Wildman–Crippen LogP) is 1.49. The predicted molar refractivity (Wildman–Crippen MR) is 46.7 cm³/mol. The maximum Gasteiger partial charge on any atom is 0.151 e. The van der Waals surface area contributed by atoms with E-state index in [1.165, 1.54) is 6.07 Å². The Labute approximate surface area is 75.6 Å². The van der Waals surface area contributed by atoms with Gasteiger partial charge in [0.05, 0.1) is 11.6 Å². The summed E-state index contributed by atoms with van der Waals surface area (Å²) in [6.07, 6.45) is 1.21. The van der Waals surface area contributed by atoms with Crippen molar-refractivity contribution in [3.05, 3.63) is 34.4 Å². The second-order valence-corrected chi connectivity index (χ2v) is 2.64. The first-order valence-electron chi connectivity index (χ1n) is 3.68. The zero-order valence-corrected chi connectivity index (χ0v) is 7.07. The molecule has 0 saturated heterocycles. The third kappa shape index (κ3) is 1.62. The van der Waals surface area contributed by atoms with Gasteiger partial charge in [0.15, 0.2) is 12.6 Å². The van der Waals surface area contributed by atoms with E-state index in [9.17, 15) is 9.59 Å². The number of rotatable bonds is 2. The number of carbonyl (C=O) groups excluding carboxylic acids is 2. The third-order valence-corrected chi connectivity index (χ3v) is 1.79. The summed E-state index contributed by atoms with van der Waals surface area (Å²) in [4.78, 5) is 21.1. The Morgan fingerprint density at radius 1 is 1.31 bits per heavy atom. The summed E-state index contributed by atoms with van der Waals surface area (Å²) in [6.45, 7) is 1.69. The quantitative estimate of drug-likeness (QED) is 0.636. The molecule has 0 spiro atoms. The average molecular weight is 173 g/mol. The maximum atomic E-state index is 10.6. The Kier molecular flexibility index (Phi) is 2.56. The van der Waals surface area contributed by atoms with Gasteiger partial charge in [-0.15, -0.1) is 0 Å². The van der Waals surface area contributed by atoms with Crippen molar-refractivity contribution < 1.29 is 9.59 Å². The van der Waals surface area contributed by atoms with Gasteiger partial charge in [-0.1, -0.05) is 0 Å². The van der Waals surface area contributed by atoms with E-state index >= 15 is 0 Å². The van der Waals surface area contributed by atoms with Gasteiger partial charge >= 0.3 is 0 Å². The van der Waals surface area contributed by atoms with Crippen molar-refractivity contribution in [3.63, 3.8) is 0 Å². The SMILES string of the molecule is Cc1cc(C#N)cc(C=O)c1C=O. The Morgan fingerprint density at radius 3 is 2.46 bits per heavy atom. The summed E-state index contributed by atoms with van der Waals surface area (Å²) in [5.41, 5.74) is 1.67. The second-order valence-electron chi connectivity index (χ2n) is 2.64. The highest BCUT2D eigenvalue weighted by molar-refractivity contribution is 5.92. The van der Waals surface area contributed by atoms with Crippen LogP contribution in [-0.2, 0) is 0 Å². The fourth-order valence-electron chi connectivity index (χ4n) is 1.15. The van der Waals surface area contributed by atoms with E-state index in [-0.39, 0.29) is 5.56 Å². The highest BCUT2D eigenvalue weighted by Crippen LogP contribution is 2.13. The minimum absolute atomic E-state index is 0.270. The zero-order chi connectivity index (χ0) is 9.84. The van der Waals surface area contributed by atoms with Crippen LogP contribution in [0.3, 0.4) is 0 Å². The molecule has 0 saturated carbocycles. The molecule has 0 aromatic heterocycles. The molecule has 0 N–H and O–H groups in total. The first-order valence-corrected chi connectivity index (χ1v) is 3.68. The molecule has 1 aromatic rings. The molecule has 0 radical (unpaired) electrons. The van der Waals surface area contributed by atoms with Crippen LogP contribution in [0.4, 0.5) is 0 Å². The molecular formula is C10H7NO2. The van der Waals surface area contributed by atoms with Gasteiger partial charge in [-0.05, 0) is 24.6 Å². The van der Waals surface area contributed by atoms with Gasteiger partial charge in [-0.25, -0.2) is 0 Å². The molecule has 13 heavy (non-hydrogen) atoms. The number of hydrogen-bond donors (Lipinski definition) is 0. The Morgan fingerprint density at radius 2 is 2.00 bits per heavy atom. The van der Waals surface area contributed by atoms with Gasteiger partial charge in [0.1, 0.15) is 0 Å². The third-order valence-electron chi connectivity index (χ3n) is 1.79. The summed E-state index contributed by atoms with van der Waals surface area (Å²) in [5.74, 6) is 0. The largest absolute Gasteiger partial charge is 0.298 e. The van der Waals surface area contributed by atoms with E-state index in [2.05, 4.69) is 0 Å². The standard InChI is InChI=1S/C10H7NO2/c1-7-2-8(4-11)3-9(5-12)10(7)6-13/h2-3,5-6H,1H3. The smallest absolute Gasteiger partial charge is 0.151 e. The molecule has 64 valence electrons. The fourth-order valence-corrected chi connectivity index (χ4v) is 1.15. The number of carbonyl (C=O) groups is 2. The lowest BCUT2D eigenvalue weighted by Crippen LogP contribution is -1.96. The van der Waals surface area contributed by atoms with E-state index in [1.807, 2.05) is 6.07 Å². The monoisotopic (exact) mass is 173 g/mol. The summed E-state index contributed by atoms with van der Waals surface area (Å²) >= 11 is 0. The van der Waals surface area contributed by atoms with Crippen molar-refractivity contribution in [3.8, 4) is 6.07 Å². The highest BCUT2D eigenvalue weighted by Gasteiger charge is 2.05. The van der Waals surface area contributed by atoms with E-state index in [1.54, 1.807) is 13.0 Å². The normalized spacial score (nSPS) is 8.92. The van der Waals surface area contributed by atoms with Crippen LogP contribution in [0.15, 0.2) is 12.1 Å². The van der Waals surface area contributed by atoms with Crippen molar-refractivity contribution in [1.82, 2.24) is 0 Å². The summed E-state index contributed by atoms with van der Waals surface area (Å²) in [6, 6.07) is 4.91. The second kappa shape index (κ2) is 3.63. The molecule has 0 bridgehead atoms. The maximum absolute atomic E-state index is 10.6. The molecule has 1 rings (SSSR count). The van der Waals surface area contributed by atoms with Crippen LogP contribution in [0.2, 0.25) is 0 Å². The Hall–Kier alpha value is -1.95. The van der Waals surface area contributed by atoms with E-state index in [0.717, 1.165) is 0 Å². The molecule has 0 aliphatic rings.